The van der Waals surface area contributed by atoms with Crippen molar-refractivity contribution in [2.45, 2.75) is 84.0 Å². The van der Waals surface area contributed by atoms with E-state index in [4.69, 9.17) is 14.2 Å². The van der Waals surface area contributed by atoms with Crippen molar-refractivity contribution in [3.63, 3.8) is 0 Å². The third-order valence-electron chi connectivity index (χ3n) is 9.07. The number of ether oxygens (including phenoxy) is 3. The van der Waals surface area contributed by atoms with E-state index in [2.05, 4.69) is 48.2 Å². The van der Waals surface area contributed by atoms with Crippen molar-refractivity contribution in [1.29, 1.82) is 0 Å². The van der Waals surface area contributed by atoms with Gasteiger partial charge in [-0.05, 0) is 98.5 Å². The van der Waals surface area contributed by atoms with Crippen molar-refractivity contribution in [3.05, 3.63) is 119 Å². The van der Waals surface area contributed by atoms with Crippen LogP contribution in [-0.4, -0.2) is 47.5 Å². The zero-order valence-electron chi connectivity index (χ0n) is 28.3. The van der Waals surface area contributed by atoms with E-state index in [9.17, 15) is 10.2 Å². The third kappa shape index (κ3) is 11.2. The van der Waals surface area contributed by atoms with Crippen molar-refractivity contribution in [2.75, 3.05) is 26.3 Å². The molecule has 0 aromatic heterocycles. The number of rotatable bonds is 19. The lowest BCUT2D eigenvalue weighted by atomic mass is 9.86. The van der Waals surface area contributed by atoms with Crippen molar-refractivity contribution in [1.82, 2.24) is 4.90 Å². The molecule has 4 aromatic rings. The first kappa shape index (κ1) is 37.1. The van der Waals surface area contributed by atoms with E-state index in [0.717, 1.165) is 86.4 Å². The topological polar surface area (TPSA) is 71.4 Å². The van der Waals surface area contributed by atoms with Crippen LogP contribution >= 0.6 is 12.4 Å². The van der Waals surface area contributed by atoms with E-state index in [0.29, 0.717) is 25.9 Å². The second-order valence-corrected chi connectivity index (χ2v) is 12.6. The summed E-state index contributed by atoms with van der Waals surface area (Å²) in [5.41, 5.74) is 5.53. The fourth-order valence-corrected chi connectivity index (χ4v) is 6.45. The van der Waals surface area contributed by atoms with E-state index in [-0.39, 0.29) is 23.9 Å². The maximum Gasteiger partial charge on any atom is 0.161 e. The molecule has 48 heavy (non-hydrogen) atoms. The van der Waals surface area contributed by atoms with Crippen LogP contribution in [0.25, 0.3) is 0 Å². The van der Waals surface area contributed by atoms with Gasteiger partial charge in [-0.25, -0.2) is 0 Å². The van der Waals surface area contributed by atoms with Gasteiger partial charge in [-0.3, -0.25) is 0 Å². The first-order valence-electron chi connectivity index (χ1n) is 17.4. The van der Waals surface area contributed by atoms with Gasteiger partial charge < -0.3 is 29.3 Å². The molecule has 6 nitrogen and oxygen atoms in total. The van der Waals surface area contributed by atoms with Gasteiger partial charge in [0.1, 0.15) is 13.2 Å². The highest BCUT2D eigenvalue weighted by atomic mass is 35.5. The van der Waals surface area contributed by atoms with E-state index >= 15 is 0 Å². The molecule has 0 radical (unpaired) electrons. The zero-order chi connectivity index (χ0) is 32.7. The van der Waals surface area contributed by atoms with E-state index in [1.165, 1.54) is 30.4 Å². The smallest absolute Gasteiger partial charge is 0.161 e. The molecule has 0 amide bonds. The monoisotopic (exact) mass is 673 g/mol. The maximum atomic E-state index is 10.3. The molecule has 2 N–H and O–H groups in total. The van der Waals surface area contributed by atoms with Crippen LogP contribution in [0.3, 0.4) is 0 Å². The Bertz CT molecular complexity index is 1500. The Morgan fingerprint density at radius 2 is 1.40 bits per heavy atom. The number of phenolic OH excluding ortho intramolecular Hbond substituents is 2. The van der Waals surface area contributed by atoms with E-state index < -0.39 is 0 Å². The minimum atomic E-state index is -0.00576. The molecule has 0 heterocycles. The molecule has 4 aromatic carbocycles. The molecular weight excluding hydrogens is 622 g/mol. The molecule has 1 unspecified atom stereocenters. The number of halogens is 1. The van der Waals surface area contributed by atoms with Gasteiger partial charge in [0.15, 0.2) is 23.0 Å². The van der Waals surface area contributed by atoms with Crippen LogP contribution in [0.15, 0.2) is 91.0 Å². The maximum absolute atomic E-state index is 10.3. The number of hydrogen-bond acceptors (Lipinski definition) is 6. The predicted molar refractivity (Wildman–Crippen MR) is 196 cm³/mol. The molecular formula is C41H52ClNO5. The number of unbranched alkanes of at least 4 members (excludes halogenated alkanes) is 3. The van der Waals surface area contributed by atoms with E-state index in [1.54, 1.807) is 6.07 Å². The van der Waals surface area contributed by atoms with Gasteiger partial charge >= 0.3 is 0 Å². The average molecular weight is 674 g/mol. The van der Waals surface area contributed by atoms with Gasteiger partial charge in [0.2, 0.25) is 0 Å². The minimum absolute atomic E-state index is 0. The summed E-state index contributed by atoms with van der Waals surface area (Å²) in [4.78, 5) is 2.64. The number of hydrogen-bond donors (Lipinski definition) is 2. The second kappa shape index (κ2) is 20.0. The minimum Gasteiger partial charge on any atom is -0.504 e. The summed E-state index contributed by atoms with van der Waals surface area (Å²) in [5.74, 6) is 1.58. The van der Waals surface area contributed by atoms with Crippen LogP contribution in [-0.2, 0) is 37.2 Å². The number of phenols is 2. The molecule has 5 rings (SSSR count). The van der Waals surface area contributed by atoms with E-state index in [1.807, 2.05) is 48.5 Å². The summed E-state index contributed by atoms with van der Waals surface area (Å²) >= 11 is 0. The molecule has 0 saturated carbocycles. The standard InChI is InChI=1S/C41H51NO5.ClH/c1-2-24-42(36-19-20-37-35(29-36)18-21-38(43)41(37)44)25-11-3-4-12-26-45-27-23-32-17-22-39(46-30-33-13-7-5-8-14-33)40(28-32)47-31-34-15-9-6-10-16-34;/h5-10,13-18,21-22,28,36,43-44H,2-4,11-12,19-20,23-27,29-31H2,1H3;1H. The molecule has 0 aliphatic heterocycles. The van der Waals surface area contributed by atoms with Gasteiger partial charge in [-0.1, -0.05) is 92.6 Å². The van der Waals surface area contributed by atoms with Crippen LogP contribution in [0.1, 0.15) is 73.3 Å². The first-order valence-corrected chi connectivity index (χ1v) is 17.4. The van der Waals surface area contributed by atoms with Crippen molar-refractivity contribution in [2.24, 2.45) is 0 Å². The SMILES string of the molecule is CCCN(CCCCCCOCCc1ccc(OCc2ccccc2)c(OCc2ccccc2)c1)C1CCc2c(ccc(O)c2O)C1.Cl. The zero-order valence-corrected chi connectivity index (χ0v) is 29.1. The highest BCUT2D eigenvalue weighted by molar-refractivity contribution is 5.85. The lowest BCUT2D eigenvalue weighted by Crippen LogP contribution is -2.40. The fourth-order valence-electron chi connectivity index (χ4n) is 6.45. The summed E-state index contributed by atoms with van der Waals surface area (Å²) in [6, 6.07) is 30.7. The summed E-state index contributed by atoms with van der Waals surface area (Å²) in [5, 5.41) is 20.1. The normalized spacial score (nSPS) is 13.9. The molecule has 0 saturated heterocycles. The van der Waals surface area contributed by atoms with Crippen LogP contribution in [0, 0.1) is 0 Å². The third-order valence-corrected chi connectivity index (χ3v) is 9.07. The Hall–Kier alpha value is -3.71. The van der Waals surface area contributed by atoms with Crippen LogP contribution in [0.4, 0.5) is 0 Å². The summed E-state index contributed by atoms with van der Waals surface area (Å²) in [7, 11) is 0. The Morgan fingerprint density at radius 3 is 2.10 bits per heavy atom. The summed E-state index contributed by atoms with van der Waals surface area (Å²) < 4.78 is 18.4. The quantitative estimate of drug-likeness (QED) is 0.0765. The first-order chi connectivity index (χ1) is 23.1. The van der Waals surface area contributed by atoms with Crippen LogP contribution < -0.4 is 9.47 Å². The molecule has 0 fully saturated rings. The molecule has 258 valence electrons. The Labute approximate surface area is 293 Å². The largest absolute Gasteiger partial charge is 0.504 e. The highest BCUT2D eigenvalue weighted by Crippen LogP contribution is 2.37. The van der Waals surface area contributed by atoms with Crippen LogP contribution in [0.5, 0.6) is 23.0 Å². The summed E-state index contributed by atoms with van der Waals surface area (Å²) in [6.45, 7) is 6.91. The number of fused-ring (bicyclic) bond motifs is 1. The predicted octanol–water partition coefficient (Wildman–Crippen LogP) is 9.07. The Balaban J connectivity index is 0.00000520. The van der Waals surface area contributed by atoms with Gasteiger partial charge in [-0.2, -0.15) is 0 Å². The lowest BCUT2D eigenvalue weighted by molar-refractivity contribution is 0.131. The molecule has 0 spiro atoms. The van der Waals surface area contributed by atoms with Crippen LogP contribution in [0.2, 0.25) is 0 Å². The molecule has 1 aliphatic carbocycles. The number of aromatic hydroxyl groups is 2. The Morgan fingerprint density at radius 1 is 0.708 bits per heavy atom. The van der Waals surface area contributed by atoms with Crippen molar-refractivity contribution >= 4 is 12.4 Å². The van der Waals surface area contributed by atoms with Gasteiger partial charge in [0.25, 0.3) is 0 Å². The van der Waals surface area contributed by atoms with Crippen molar-refractivity contribution < 1.29 is 24.4 Å². The summed E-state index contributed by atoms with van der Waals surface area (Å²) in [6.07, 6.45) is 9.41. The molecule has 0 bridgehead atoms. The highest BCUT2D eigenvalue weighted by Gasteiger charge is 2.26. The van der Waals surface area contributed by atoms with Gasteiger partial charge in [-0.15, -0.1) is 12.4 Å². The fraction of sp³-hybridized carbons (Fsp3) is 0.415. The lowest BCUT2D eigenvalue weighted by Gasteiger charge is -2.35. The molecule has 7 heteroatoms. The van der Waals surface area contributed by atoms with Gasteiger partial charge in [0, 0.05) is 18.2 Å². The average Bonchev–Trinajstić information content (AvgIpc) is 3.11. The Kier molecular flexibility index (Phi) is 15.4. The molecule has 1 atom stereocenters. The van der Waals surface area contributed by atoms with Crippen molar-refractivity contribution in [3.8, 4) is 23.0 Å². The second-order valence-electron chi connectivity index (χ2n) is 12.6. The number of benzene rings is 4. The number of nitrogens with zero attached hydrogens (tertiary/aromatic N) is 1. The van der Waals surface area contributed by atoms with Gasteiger partial charge in [0.05, 0.1) is 6.61 Å². The molecule has 1 aliphatic rings.